The van der Waals surface area contributed by atoms with E-state index in [1.807, 2.05) is 0 Å². The first-order chi connectivity index (χ1) is 5.84. The van der Waals surface area contributed by atoms with E-state index < -0.39 is 0 Å². The van der Waals surface area contributed by atoms with Crippen molar-refractivity contribution < 1.29 is 0 Å². The Hall–Kier alpha value is -0.160. The summed E-state index contributed by atoms with van der Waals surface area (Å²) in [7, 11) is 0. The predicted octanol–water partition coefficient (Wildman–Crippen LogP) is -1.08. The molecule has 4 heteroatoms. The molecule has 4 nitrogen and oxygen atoms in total. The largest absolute Gasteiger partial charge is 0.330 e. The van der Waals surface area contributed by atoms with Crippen LogP contribution in [-0.4, -0.2) is 43.8 Å². The molecule has 0 radical (unpaired) electrons. The fraction of sp³-hybridized carbons (Fsp3) is 1.00. The topological polar surface area (TPSA) is 67.3 Å². The van der Waals surface area contributed by atoms with E-state index in [2.05, 4.69) is 10.2 Å². The van der Waals surface area contributed by atoms with Crippen LogP contribution in [0.25, 0.3) is 0 Å². The summed E-state index contributed by atoms with van der Waals surface area (Å²) in [6.45, 7) is 5.03. The Morgan fingerprint density at radius 3 is 2.58 bits per heavy atom. The Labute approximate surface area is 74.3 Å². The molecule has 0 aromatic rings. The second kappa shape index (κ2) is 5.48. The lowest BCUT2D eigenvalue weighted by Crippen LogP contribution is -2.51. The summed E-state index contributed by atoms with van der Waals surface area (Å²) in [5, 5.41) is 3.30. The first-order valence-electron chi connectivity index (χ1n) is 4.75. The zero-order chi connectivity index (χ0) is 8.81. The van der Waals surface area contributed by atoms with Crippen LogP contribution in [0.4, 0.5) is 0 Å². The minimum absolute atomic E-state index is 0.218. The van der Waals surface area contributed by atoms with Crippen LogP contribution in [0.2, 0.25) is 0 Å². The molecule has 5 N–H and O–H groups in total. The molecule has 1 fully saturated rings. The molecule has 1 unspecified atom stereocenters. The summed E-state index contributed by atoms with van der Waals surface area (Å²) in [4.78, 5) is 2.33. The second-order valence-corrected chi connectivity index (χ2v) is 3.28. The zero-order valence-electron chi connectivity index (χ0n) is 7.63. The lowest BCUT2D eigenvalue weighted by atomic mass is 10.2. The van der Waals surface area contributed by atoms with Crippen molar-refractivity contribution in [2.45, 2.75) is 19.0 Å². The van der Waals surface area contributed by atoms with Gasteiger partial charge in [-0.2, -0.15) is 0 Å². The Morgan fingerprint density at radius 1 is 1.33 bits per heavy atom. The SMILES string of the molecule is NCCCC(N)N1CCNCC1. The summed E-state index contributed by atoms with van der Waals surface area (Å²) in [5.41, 5.74) is 11.4. The molecule has 0 bridgehead atoms. The van der Waals surface area contributed by atoms with Crippen molar-refractivity contribution in [3.8, 4) is 0 Å². The van der Waals surface area contributed by atoms with Crippen molar-refractivity contribution >= 4 is 0 Å². The number of hydrogen-bond acceptors (Lipinski definition) is 4. The van der Waals surface area contributed by atoms with Crippen molar-refractivity contribution in [1.82, 2.24) is 10.2 Å². The molecule has 0 amide bonds. The van der Waals surface area contributed by atoms with Crippen molar-refractivity contribution in [3.05, 3.63) is 0 Å². The number of nitrogens with two attached hydrogens (primary N) is 2. The smallest absolute Gasteiger partial charge is 0.0573 e. The molecular formula is C8H20N4. The third-order valence-electron chi connectivity index (χ3n) is 2.32. The molecule has 1 rings (SSSR count). The third-order valence-corrected chi connectivity index (χ3v) is 2.32. The maximum atomic E-state index is 5.98. The Morgan fingerprint density at radius 2 is 2.00 bits per heavy atom. The average molecular weight is 172 g/mol. The lowest BCUT2D eigenvalue weighted by molar-refractivity contribution is 0.167. The molecule has 0 saturated carbocycles. The number of nitrogens with one attached hydrogen (secondary N) is 1. The number of nitrogens with zero attached hydrogens (tertiary/aromatic N) is 1. The monoisotopic (exact) mass is 172 g/mol. The molecule has 0 spiro atoms. The molecule has 0 aliphatic carbocycles. The van der Waals surface area contributed by atoms with Gasteiger partial charge >= 0.3 is 0 Å². The van der Waals surface area contributed by atoms with E-state index in [0.717, 1.165) is 45.6 Å². The summed E-state index contributed by atoms with van der Waals surface area (Å²) in [5.74, 6) is 0. The van der Waals surface area contributed by atoms with Crippen LogP contribution in [0.1, 0.15) is 12.8 Å². The fourth-order valence-electron chi connectivity index (χ4n) is 1.52. The van der Waals surface area contributed by atoms with E-state index in [9.17, 15) is 0 Å². The summed E-state index contributed by atoms with van der Waals surface area (Å²) in [6, 6.07) is 0. The Balaban J connectivity index is 2.15. The molecule has 1 aliphatic rings. The number of piperazine rings is 1. The van der Waals surface area contributed by atoms with E-state index in [1.54, 1.807) is 0 Å². The van der Waals surface area contributed by atoms with Crippen molar-refractivity contribution in [3.63, 3.8) is 0 Å². The number of rotatable bonds is 4. The fourth-order valence-corrected chi connectivity index (χ4v) is 1.52. The van der Waals surface area contributed by atoms with E-state index in [-0.39, 0.29) is 6.17 Å². The highest BCUT2D eigenvalue weighted by molar-refractivity contribution is 4.72. The van der Waals surface area contributed by atoms with Gasteiger partial charge < -0.3 is 16.8 Å². The Kier molecular flexibility index (Phi) is 4.53. The van der Waals surface area contributed by atoms with Crippen LogP contribution in [0.15, 0.2) is 0 Å². The highest BCUT2D eigenvalue weighted by atomic mass is 15.3. The summed E-state index contributed by atoms with van der Waals surface area (Å²) < 4.78 is 0. The van der Waals surface area contributed by atoms with Crippen LogP contribution in [0.5, 0.6) is 0 Å². The zero-order valence-corrected chi connectivity index (χ0v) is 7.63. The van der Waals surface area contributed by atoms with Gasteiger partial charge in [-0.1, -0.05) is 0 Å². The molecular weight excluding hydrogens is 152 g/mol. The first-order valence-corrected chi connectivity index (χ1v) is 4.75. The molecule has 1 heterocycles. The quantitative estimate of drug-likeness (QED) is 0.504. The van der Waals surface area contributed by atoms with Crippen LogP contribution in [0, 0.1) is 0 Å². The van der Waals surface area contributed by atoms with Crippen LogP contribution in [0.3, 0.4) is 0 Å². The van der Waals surface area contributed by atoms with Gasteiger partial charge in [-0.3, -0.25) is 4.90 Å². The lowest BCUT2D eigenvalue weighted by Gasteiger charge is -2.32. The van der Waals surface area contributed by atoms with Crippen molar-refractivity contribution in [2.75, 3.05) is 32.7 Å². The van der Waals surface area contributed by atoms with Gasteiger partial charge in [-0.05, 0) is 19.4 Å². The maximum Gasteiger partial charge on any atom is 0.0573 e. The molecule has 1 atom stereocenters. The van der Waals surface area contributed by atoms with E-state index in [1.165, 1.54) is 0 Å². The molecule has 12 heavy (non-hydrogen) atoms. The standard InChI is InChI=1S/C8H20N4/c9-3-1-2-8(10)12-6-4-11-5-7-12/h8,11H,1-7,9-10H2. The maximum absolute atomic E-state index is 5.98. The molecule has 1 saturated heterocycles. The molecule has 0 aromatic heterocycles. The minimum Gasteiger partial charge on any atom is -0.330 e. The predicted molar refractivity (Wildman–Crippen MR) is 50.7 cm³/mol. The second-order valence-electron chi connectivity index (χ2n) is 3.28. The van der Waals surface area contributed by atoms with Gasteiger partial charge in [-0.15, -0.1) is 0 Å². The van der Waals surface area contributed by atoms with Crippen molar-refractivity contribution in [1.29, 1.82) is 0 Å². The van der Waals surface area contributed by atoms with Crippen LogP contribution >= 0.6 is 0 Å². The third kappa shape index (κ3) is 3.06. The van der Waals surface area contributed by atoms with Crippen molar-refractivity contribution in [2.24, 2.45) is 11.5 Å². The molecule has 72 valence electrons. The summed E-state index contributed by atoms with van der Waals surface area (Å²) in [6.07, 6.45) is 2.28. The first kappa shape index (κ1) is 9.92. The van der Waals surface area contributed by atoms with Gasteiger partial charge in [0.05, 0.1) is 6.17 Å². The Bertz CT molecular complexity index is 112. The van der Waals surface area contributed by atoms with E-state index >= 15 is 0 Å². The molecule has 0 aromatic carbocycles. The van der Waals surface area contributed by atoms with Gasteiger partial charge in [0, 0.05) is 26.2 Å². The highest BCUT2D eigenvalue weighted by Crippen LogP contribution is 2.01. The van der Waals surface area contributed by atoms with Crippen LogP contribution in [-0.2, 0) is 0 Å². The van der Waals surface area contributed by atoms with Crippen LogP contribution < -0.4 is 16.8 Å². The highest BCUT2D eigenvalue weighted by Gasteiger charge is 2.15. The van der Waals surface area contributed by atoms with Gasteiger partial charge in [-0.25, -0.2) is 0 Å². The molecule has 1 aliphatic heterocycles. The van der Waals surface area contributed by atoms with Gasteiger partial charge in [0.25, 0.3) is 0 Å². The van der Waals surface area contributed by atoms with E-state index in [4.69, 9.17) is 11.5 Å². The van der Waals surface area contributed by atoms with Gasteiger partial charge in [0.2, 0.25) is 0 Å². The summed E-state index contributed by atoms with van der Waals surface area (Å²) >= 11 is 0. The number of hydrogen-bond donors (Lipinski definition) is 3. The average Bonchev–Trinajstić information content (AvgIpc) is 2.15. The normalized spacial score (nSPS) is 22.5. The van der Waals surface area contributed by atoms with Gasteiger partial charge in [0.1, 0.15) is 0 Å². The van der Waals surface area contributed by atoms with E-state index in [0.29, 0.717) is 0 Å². The minimum atomic E-state index is 0.218. The van der Waals surface area contributed by atoms with Gasteiger partial charge in [0.15, 0.2) is 0 Å².